The lowest BCUT2D eigenvalue weighted by molar-refractivity contribution is 0.602. The second-order valence-electron chi connectivity index (χ2n) is 4.40. The third kappa shape index (κ3) is 4.58. The zero-order chi connectivity index (χ0) is 14.2. The largest absolute Gasteiger partial charge is 0.313 e. The second kappa shape index (κ2) is 7.97. The van der Waals surface area contributed by atoms with Crippen molar-refractivity contribution in [2.24, 2.45) is 0 Å². The van der Waals surface area contributed by atoms with Gasteiger partial charge in [-0.15, -0.1) is 11.8 Å². The fourth-order valence-electron chi connectivity index (χ4n) is 1.66. The van der Waals surface area contributed by atoms with Crippen molar-refractivity contribution in [2.45, 2.75) is 30.5 Å². The molecule has 0 saturated carbocycles. The molecule has 0 radical (unpaired) electrons. The molecule has 3 nitrogen and oxygen atoms in total. The number of hydrogen-bond acceptors (Lipinski definition) is 4. The van der Waals surface area contributed by atoms with Crippen LogP contribution in [0.15, 0.2) is 41.6 Å². The van der Waals surface area contributed by atoms with Gasteiger partial charge in [0.25, 0.3) is 0 Å². The first-order chi connectivity index (χ1) is 9.79. The Kier molecular flexibility index (Phi) is 5.95. The molecule has 0 aliphatic heterocycles. The van der Waals surface area contributed by atoms with Crippen LogP contribution in [-0.4, -0.2) is 16.5 Å². The van der Waals surface area contributed by atoms with Crippen molar-refractivity contribution in [3.05, 3.63) is 53.9 Å². The third-order valence-electron chi connectivity index (χ3n) is 2.71. The van der Waals surface area contributed by atoms with Crippen molar-refractivity contribution >= 4 is 11.8 Å². The smallest absolute Gasteiger partial charge is 0.138 e. The summed E-state index contributed by atoms with van der Waals surface area (Å²) in [5, 5.41) is 3.30. The van der Waals surface area contributed by atoms with Gasteiger partial charge in [-0.1, -0.05) is 19.1 Å². The molecule has 0 fully saturated rings. The standard InChI is InChI=1S/C15H18FN3S/c1-2-7-17-8-12-9-18-15(19-10-12)11-20-14-6-4-3-5-13(14)16/h3-6,9-10,17H,2,7-8,11H2,1H3. The minimum Gasteiger partial charge on any atom is -0.313 e. The molecule has 1 N–H and O–H groups in total. The highest BCUT2D eigenvalue weighted by Crippen LogP contribution is 2.23. The molecule has 2 aromatic rings. The molecule has 2 rings (SSSR count). The molecule has 0 saturated heterocycles. The van der Waals surface area contributed by atoms with Crippen LogP contribution in [0, 0.1) is 5.82 Å². The molecule has 0 spiro atoms. The Bertz CT molecular complexity index is 531. The highest BCUT2D eigenvalue weighted by atomic mass is 32.2. The van der Waals surface area contributed by atoms with Crippen molar-refractivity contribution in [3.63, 3.8) is 0 Å². The average molecular weight is 291 g/mol. The van der Waals surface area contributed by atoms with Crippen molar-refractivity contribution in [2.75, 3.05) is 6.54 Å². The van der Waals surface area contributed by atoms with E-state index >= 15 is 0 Å². The highest BCUT2D eigenvalue weighted by Gasteiger charge is 2.03. The summed E-state index contributed by atoms with van der Waals surface area (Å²) in [6, 6.07) is 6.75. The Morgan fingerprint density at radius 3 is 2.65 bits per heavy atom. The predicted octanol–water partition coefficient (Wildman–Crippen LogP) is 3.41. The molecule has 1 aromatic heterocycles. The molecule has 0 unspecified atom stereocenters. The van der Waals surface area contributed by atoms with E-state index in [9.17, 15) is 4.39 Å². The zero-order valence-corrected chi connectivity index (χ0v) is 12.3. The lowest BCUT2D eigenvalue weighted by Gasteiger charge is -2.04. The molecule has 0 bridgehead atoms. The number of halogens is 1. The van der Waals surface area contributed by atoms with E-state index in [4.69, 9.17) is 0 Å². The quantitative estimate of drug-likeness (QED) is 0.626. The minimum atomic E-state index is -0.196. The van der Waals surface area contributed by atoms with E-state index in [2.05, 4.69) is 22.2 Å². The van der Waals surface area contributed by atoms with Crippen LogP contribution in [0.2, 0.25) is 0 Å². The van der Waals surface area contributed by atoms with Crippen molar-refractivity contribution < 1.29 is 4.39 Å². The van der Waals surface area contributed by atoms with Gasteiger partial charge in [-0.3, -0.25) is 0 Å². The summed E-state index contributed by atoms with van der Waals surface area (Å²) >= 11 is 1.41. The van der Waals surface area contributed by atoms with Gasteiger partial charge in [0.15, 0.2) is 0 Å². The normalized spacial score (nSPS) is 10.7. The number of nitrogens with zero attached hydrogens (tertiary/aromatic N) is 2. The average Bonchev–Trinajstić information content (AvgIpc) is 2.48. The molecule has 1 heterocycles. The van der Waals surface area contributed by atoms with Gasteiger partial charge in [0, 0.05) is 29.4 Å². The molecule has 0 aliphatic rings. The molecule has 20 heavy (non-hydrogen) atoms. The van der Waals surface area contributed by atoms with Gasteiger partial charge in [-0.25, -0.2) is 14.4 Å². The van der Waals surface area contributed by atoms with Gasteiger partial charge < -0.3 is 5.32 Å². The maximum Gasteiger partial charge on any atom is 0.138 e. The van der Waals surface area contributed by atoms with Gasteiger partial charge in [-0.05, 0) is 25.1 Å². The second-order valence-corrected chi connectivity index (χ2v) is 5.42. The Morgan fingerprint density at radius 1 is 1.20 bits per heavy atom. The van der Waals surface area contributed by atoms with Crippen LogP contribution in [0.3, 0.4) is 0 Å². The first-order valence-electron chi connectivity index (χ1n) is 6.67. The summed E-state index contributed by atoms with van der Waals surface area (Å²) in [4.78, 5) is 9.24. The van der Waals surface area contributed by atoms with E-state index in [0.717, 1.165) is 30.9 Å². The molecule has 1 aromatic carbocycles. The van der Waals surface area contributed by atoms with Gasteiger partial charge in [-0.2, -0.15) is 0 Å². The summed E-state index contributed by atoms with van der Waals surface area (Å²) in [6.45, 7) is 3.91. The molecule has 0 atom stereocenters. The molecule has 0 amide bonds. The zero-order valence-electron chi connectivity index (χ0n) is 11.5. The Balaban J connectivity index is 1.86. The fourth-order valence-corrected chi connectivity index (χ4v) is 2.48. The summed E-state index contributed by atoms with van der Waals surface area (Å²) in [5.74, 6) is 1.10. The number of rotatable bonds is 7. The molecule has 106 valence electrons. The summed E-state index contributed by atoms with van der Waals surface area (Å²) in [7, 11) is 0. The van der Waals surface area contributed by atoms with Gasteiger partial charge in [0.1, 0.15) is 11.6 Å². The van der Waals surface area contributed by atoms with E-state index < -0.39 is 0 Å². The maximum absolute atomic E-state index is 13.5. The fraction of sp³-hybridized carbons (Fsp3) is 0.333. The van der Waals surface area contributed by atoms with E-state index in [1.54, 1.807) is 12.1 Å². The minimum absolute atomic E-state index is 0.196. The van der Waals surface area contributed by atoms with E-state index in [1.807, 2.05) is 18.5 Å². The highest BCUT2D eigenvalue weighted by molar-refractivity contribution is 7.98. The van der Waals surface area contributed by atoms with Crippen molar-refractivity contribution in [1.82, 2.24) is 15.3 Å². The molecular weight excluding hydrogens is 273 g/mol. The van der Waals surface area contributed by atoms with E-state index in [1.165, 1.54) is 17.8 Å². The van der Waals surface area contributed by atoms with Crippen LogP contribution in [0.4, 0.5) is 4.39 Å². The summed E-state index contributed by atoms with van der Waals surface area (Å²) in [6.07, 6.45) is 4.76. The van der Waals surface area contributed by atoms with Crippen LogP contribution >= 0.6 is 11.8 Å². The number of nitrogens with one attached hydrogen (secondary N) is 1. The maximum atomic E-state index is 13.5. The van der Waals surface area contributed by atoms with Crippen LogP contribution in [0.1, 0.15) is 24.7 Å². The summed E-state index contributed by atoms with van der Waals surface area (Å²) < 4.78 is 13.5. The third-order valence-corrected chi connectivity index (χ3v) is 3.75. The lowest BCUT2D eigenvalue weighted by Crippen LogP contribution is -2.14. The van der Waals surface area contributed by atoms with Crippen LogP contribution < -0.4 is 5.32 Å². The first kappa shape index (κ1) is 14.9. The SMILES string of the molecule is CCCNCc1cnc(CSc2ccccc2F)nc1. The van der Waals surface area contributed by atoms with Crippen LogP contribution in [0.25, 0.3) is 0 Å². The molecule has 5 heteroatoms. The number of aromatic nitrogens is 2. The summed E-state index contributed by atoms with van der Waals surface area (Å²) in [5.41, 5.74) is 1.07. The molecule has 0 aliphatic carbocycles. The Labute approximate surface area is 123 Å². The van der Waals surface area contributed by atoms with Crippen molar-refractivity contribution in [1.29, 1.82) is 0 Å². The van der Waals surface area contributed by atoms with E-state index in [0.29, 0.717) is 10.6 Å². The Morgan fingerprint density at radius 2 is 1.95 bits per heavy atom. The lowest BCUT2D eigenvalue weighted by atomic mass is 10.3. The van der Waals surface area contributed by atoms with Gasteiger partial charge in [0.05, 0.1) is 5.75 Å². The topological polar surface area (TPSA) is 37.8 Å². The first-order valence-corrected chi connectivity index (χ1v) is 7.66. The van der Waals surface area contributed by atoms with Crippen LogP contribution in [-0.2, 0) is 12.3 Å². The number of benzene rings is 1. The number of hydrogen-bond donors (Lipinski definition) is 1. The predicted molar refractivity (Wildman–Crippen MR) is 80.0 cm³/mol. The van der Waals surface area contributed by atoms with E-state index in [-0.39, 0.29) is 5.82 Å². The van der Waals surface area contributed by atoms with Crippen molar-refractivity contribution in [3.8, 4) is 0 Å². The van der Waals surface area contributed by atoms with Gasteiger partial charge >= 0.3 is 0 Å². The Hall–Kier alpha value is -1.46. The molecular formula is C15H18FN3S. The number of thioether (sulfide) groups is 1. The monoisotopic (exact) mass is 291 g/mol. The van der Waals surface area contributed by atoms with Gasteiger partial charge in [0.2, 0.25) is 0 Å². The van der Waals surface area contributed by atoms with Crippen LogP contribution in [0.5, 0.6) is 0 Å².